The van der Waals surface area contributed by atoms with Crippen molar-refractivity contribution in [2.75, 3.05) is 13.2 Å². The molecule has 0 unspecified atom stereocenters. The van der Waals surface area contributed by atoms with E-state index < -0.39 is 0 Å². The van der Waals surface area contributed by atoms with Crippen molar-refractivity contribution in [1.29, 1.82) is 0 Å². The van der Waals surface area contributed by atoms with Gasteiger partial charge in [-0.2, -0.15) is 0 Å². The van der Waals surface area contributed by atoms with Gasteiger partial charge in [-0.3, -0.25) is 9.98 Å². The van der Waals surface area contributed by atoms with Crippen LogP contribution in [0.1, 0.15) is 25.0 Å². The van der Waals surface area contributed by atoms with Crippen molar-refractivity contribution in [3.05, 3.63) is 71.8 Å². The van der Waals surface area contributed by atoms with Gasteiger partial charge < -0.3 is 19.7 Å². The van der Waals surface area contributed by atoms with Crippen molar-refractivity contribution in [1.82, 2.24) is 0 Å². The topological polar surface area (TPSA) is 83.6 Å². The molecule has 0 aliphatic carbocycles. The van der Waals surface area contributed by atoms with Gasteiger partial charge in [0.05, 0.1) is 24.6 Å². The fraction of sp³-hybridized carbons (Fsp3) is 0.167. The second-order valence-electron chi connectivity index (χ2n) is 6.26. The minimum atomic E-state index is 0.0433. The molecule has 0 aliphatic heterocycles. The third kappa shape index (κ3) is 4.97. The molecule has 2 N–H and O–H groups in total. The summed E-state index contributed by atoms with van der Waals surface area (Å²) in [7, 11) is 0. The van der Waals surface area contributed by atoms with Crippen molar-refractivity contribution in [3.63, 3.8) is 0 Å². The van der Waals surface area contributed by atoms with Crippen molar-refractivity contribution >= 4 is 23.8 Å². The molecule has 0 spiro atoms. The van der Waals surface area contributed by atoms with Crippen LogP contribution in [0.3, 0.4) is 0 Å². The fourth-order valence-electron chi connectivity index (χ4n) is 2.79. The first kappa shape index (κ1) is 20.9. The van der Waals surface area contributed by atoms with E-state index in [-0.39, 0.29) is 11.5 Å². The van der Waals surface area contributed by atoms with Crippen molar-refractivity contribution in [2.24, 2.45) is 9.98 Å². The normalized spacial score (nSPS) is 11.3. The SMILES string of the molecule is CCOc1cccc(C=Nc2ccccc2N=Cc2cccc(OCC)c2O)c1O. The Morgan fingerprint density at radius 2 is 1.10 bits per heavy atom. The zero-order chi connectivity index (χ0) is 21.3. The van der Waals surface area contributed by atoms with Gasteiger partial charge in [-0.05, 0) is 50.2 Å². The van der Waals surface area contributed by atoms with Crippen LogP contribution < -0.4 is 9.47 Å². The van der Waals surface area contributed by atoms with Crippen LogP contribution in [0.2, 0.25) is 0 Å². The van der Waals surface area contributed by atoms with Crippen LogP contribution in [-0.4, -0.2) is 35.9 Å². The minimum Gasteiger partial charge on any atom is -0.504 e. The summed E-state index contributed by atoms with van der Waals surface area (Å²) in [5.41, 5.74) is 2.33. The number of hydrogen-bond donors (Lipinski definition) is 2. The quantitative estimate of drug-likeness (QED) is 0.493. The van der Waals surface area contributed by atoms with Gasteiger partial charge in [0.2, 0.25) is 0 Å². The smallest absolute Gasteiger partial charge is 0.166 e. The van der Waals surface area contributed by atoms with E-state index in [2.05, 4.69) is 9.98 Å². The highest BCUT2D eigenvalue weighted by Crippen LogP contribution is 2.32. The number of aliphatic imine (C=N–C) groups is 2. The number of aromatic hydroxyl groups is 2. The number of ether oxygens (including phenoxy) is 2. The molecule has 3 aromatic rings. The Morgan fingerprint density at radius 1 is 0.667 bits per heavy atom. The molecule has 0 saturated heterocycles. The van der Waals surface area contributed by atoms with Crippen molar-refractivity contribution < 1.29 is 19.7 Å². The summed E-state index contributed by atoms with van der Waals surface area (Å²) in [6, 6.07) is 17.9. The number of benzene rings is 3. The Bertz CT molecular complexity index is 976. The molecule has 0 bridgehead atoms. The van der Waals surface area contributed by atoms with Crippen LogP contribution in [0, 0.1) is 0 Å². The van der Waals surface area contributed by atoms with Gasteiger partial charge in [-0.1, -0.05) is 24.3 Å². The van der Waals surface area contributed by atoms with Gasteiger partial charge in [-0.15, -0.1) is 0 Å². The van der Waals surface area contributed by atoms with Crippen molar-refractivity contribution in [2.45, 2.75) is 13.8 Å². The molecule has 0 heterocycles. The van der Waals surface area contributed by atoms with Gasteiger partial charge in [-0.25, -0.2) is 0 Å². The van der Waals surface area contributed by atoms with Gasteiger partial charge in [0.1, 0.15) is 0 Å². The number of phenolic OH excluding ortho intramolecular Hbond substituents is 2. The Morgan fingerprint density at radius 3 is 1.50 bits per heavy atom. The standard InChI is InChI=1S/C24H24N2O4/c1-3-29-21-13-7-9-17(23(21)27)15-25-19-11-5-6-12-20(19)26-16-18-10-8-14-22(24(18)28)30-4-2/h5-16,27-28H,3-4H2,1-2H3. The molecule has 3 rings (SSSR count). The van der Waals surface area contributed by atoms with E-state index in [1.54, 1.807) is 48.8 Å². The van der Waals surface area contributed by atoms with Crippen LogP contribution in [0.4, 0.5) is 11.4 Å². The van der Waals surface area contributed by atoms with Crippen LogP contribution >= 0.6 is 0 Å². The molecule has 30 heavy (non-hydrogen) atoms. The lowest BCUT2D eigenvalue weighted by molar-refractivity contribution is 0.318. The van der Waals surface area contributed by atoms with E-state index in [4.69, 9.17) is 9.47 Å². The summed E-state index contributed by atoms with van der Waals surface area (Å²) in [6.45, 7) is 4.64. The van der Waals surface area contributed by atoms with E-state index in [9.17, 15) is 10.2 Å². The maximum atomic E-state index is 10.3. The van der Waals surface area contributed by atoms with Crippen LogP contribution in [0.5, 0.6) is 23.0 Å². The summed E-state index contributed by atoms with van der Waals surface area (Å²) in [5, 5.41) is 20.7. The lowest BCUT2D eigenvalue weighted by Gasteiger charge is -2.08. The predicted molar refractivity (Wildman–Crippen MR) is 120 cm³/mol. The predicted octanol–water partition coefficient (Wildman–Crippen LogP) is 5.40. The molecule has 0 radical (unpaired) electrons. The highest BCUT2D eigenvalue weighted by molar-refractivity contribution is 5.90. The number of nitrogens with zero attached hydrogens (tertiary/aromatic N) is 2. The summed E-state index contributed by atoms with van der Waals surface area (Å²) in [6.07, 6.45) is 3.14. The zero-order valence-corrected chi connectivity index (χ0v) is 16.9. The van der Waals surface area contributed by atoms with E-state index in [0.29, 0.717) is 47.2 Å². The average molecular weight is 404 g/mol. The molecular weight excluding hydrogens is 380 g/mol. The molecule has 0 atom stereocenters. The molecule has 0 amide bonds. The first-order valence-corrected chi connectivity index (χ1v) is 9.70. The third-order valence-corrected chi connectivity index (χ3v) is 4.23. The molecule has 0 aromatic heterocycles. The summed E-state index contributed by atoms with van der Waals surface area (Å²) >= 11 is 0. The first-order chi connectivity index (χ1) is 14.6. The number of hydrogen-bond acceptors (Lipinski definition) is 6. The van der Waals surface area contributed by atoms with Crippen LogP contribution in [0.25, 0.3) is 0 Å². The Kier molecular flexibility index (Phi) is 7.05. The monoisotopic (exact) mass is 404 g/mol. The molecule has 6 nitrogen and oxygen atoms in total. The molecule has 0 fully saturated rings. The van der Waals surface area contributed by atoms with Gasteiger partial charge >= 0.3 is 0 Å². The third-order valence-electron chi connectivity index (χ3n) is 4.23. The number of para-hydroxylation sites is 4. The molecule has 154 valence electrons. The largest absolute Gasteiger partial charge is 0.504 e. The fourth-order valence-corrected chi connectivity index (χ4v) is 2.79. The van der Waals surface area contributed by atoms with Gasteiger partial charge in [0.25, 0.3) is 0 Å². The molecule has 0 aliphatic rings. The Hall–Kier alpha value is -3.80. The highest BCUT2D eigenvalue weighted by atomic mass is 16.5. The summed E-state index contributed by atoms with van der Waals surface area (Å²) in [5.74, 6) is 0.915. The van der Waals surface area contributed by atoms with Crippen LogP contribution in [0.15, 0.2) is 70.6 Å². The zero-order valence-electron chi connectivity index (χ0n) is 16.9. The summed E-state index contributed by atoms with van der Waals surface area (Å²) < 4.78 is 10.8. The maximum Gasteiger partial charge on any atom is 0.166 e. The van der Waals surface area contributed by atoms with E-state index >= 15 is 0 Å². The lowest BCUT2D eigenvalue weighted by atomic mass is 10.2. The molecule has 3 aromatic carbocycles. The highest BCUT2D eigenvalue weighted by Gasteiger charge is 2.08. The molecule has 0 saturated carbocycles. The minimum absolute atomic E-state index is 0.0433. The Balaban J connectivity index is 1.87. The van der Waals surface area contributed by atoms with Crippen molar-refractivity contribution in [3.8, 4) is 23.0 Å². The maximum absolute atomic E-state index is 10.3. The van der Waals surface area contributed by atoms with E-state index in [1.165, 1.54) is 0 Å². The van der Waals surface area contributed by atoms with E-state index in [1.807, 2.05) is 38.1 Å². The van der Waals surface area contributed by atoms with Gasteiger partial charge in [0, 0.05) is 23.6 Å². The number of rotatable bonds is 8. The lowest BCUT2D eigenvalue weighted by Crippen LogP contribution is -1.93. The second kappa shape index (κ2) is 10.1. The van der Waals surface area contributed by atoms with Crippen LogP contribution in [-0.2, 0) is 0 Å². The molecular formula is C24H24N2O4. The first-order valence-electron chi connectivity index (χ1n) is 9.70. The van der Waals surface area contributed by atoms with E-state index in [0.717, 1.165) is 0 Å². The molecule has 6 heteroatoms. The second-order valence-corrected chi connectivity index (χ2v) is 6.26. The average Bonchev–Trinajstić information content (AvgIpc) is 2.76. The Labute approximate surface area is 175 Å². The van der Waals surface area contributed by atoms with Gasteiger partial charge in [0.15, 0.2) is 23.0 Å². The number of phenols is 2. The summed E-state index contributed by atoms with van der Waals surface area (Å²) in [4.78, 5) is 8.96.